The number of nitrogens with one attached hydrogen (secondary N) is 1. The number of aromatic nitrogens is 4. The highest BCUT2D eigenvalue weighted by molar-refractivity contribution is 6.28. The molecule has 30 heavy (non-hydrogen) atoms. The highest BCUT2D eigenvalue weighted by Crippen LogP contribution is 2.44. The molecule has 11 heteroatoms. The number of alkyl halides is 5. The number of fused-ring (bicyclic) bond motifs is 1. The highest BCUT2D eigenvalue weighted by atomic mass is 35.5. The zero-order chi connectivity index (χ0) is 21.7. The average molecular weight is 446 g/mol. The number of anilines is 1. The maximum atomic E-state index is 13.2. The van der Waals surface area contributed by atoms with Crippen LogP contribution in [0, 0.1) is 5.92 Å². The van der Waals surface area contributed by atoms with Gasteiger partial charge in [-0.2, -0.15) is 23.1 Å². The standard InChI is InChI=1S/C19H17ClF5N5/c1-10(12-6-18(21,22)7-12)27-16-14-15(28-17(20)29-16)26-9-30(14)8-11-2-4-13(5-3-11)19(23,24)25/h2-5,9-10,12H,6-8H2,1H3,(H,27,28,29). The van der Waals surface area contributed by atoms with Crippen LogP contribution in [0.25, 0.3) is 11.2 Å². The van der Waals surface area contributed by atoms with Gasteiger partial charge >= 0.3 is 6.18 Å². The Morgan fingerprint density at radius 3 is 2.47 bits per heavy atom. The van der Waals surface area contributed by atoms with Crippen LogP contribution in [0.5, 0.6) is 0 Å². The number of benzene rings is 1. The normalized spacial score (nSPS) is 17.7. The summed E-state index contributed by atoms with van der Waals surface area (Å²) in [6.45, 7) is 2.02. The second-order valence-corrected chi connectivity index (χ2v) is 7.88. The fourth-order valence-electron chi connectivity index (χ4n) is 3.56. The predicted molar refractivity (Wildman–Crippen MR) is 102 cm³/mol. The van der Waals surface area contributed by atoms with Crippen molar-refractivity contribution in [3.05, 3.63) is 47.0 Å². The van der Waals surface area contributed by atoms with Crippen LogP contribution in [0.4, 0.5) is 27.8 Å². The third kappa shape index (κ3) is 4.19. The Bertz CT molecular complexity index is 1060. The Labute approximate surface area is 173 Å². The van der Waals surface area contributed by atoms with Crippen molar-refractivity contribution >= 4 is 28.6 Å². The second-order valence-electron chi connectivity index (χ2n) is 7.54. The lowest BCUT2D eigenvalue weighted by atomic mass is 9.77. The van der Waals surface area contributed by atoms with Crippen LogP contribution >= 0.6 is 11.6 Å². The number of hydrogen-bond donors (Lipinski definition) is 1. The van der Waals surface area contributed by atoms with E-state index in [0.29, 0.717) is 22.5 Å². The number of imidazole rings is 1. The summed E-state index contributed by atoms with van der Waals surface area (Å²) in [6, 6.07) is 4.52. The van der Waals surface area contributed by atoms with Crippen molar-refractivity contribution in [2.45, 2.75) is 44.5 Å². The Hall–Kier alpha value is -2.49. The molecule has 0 spiro atoms. The molecule has 0 aliphatic heterocycles. The van der Waals surface area contributed by atoms with Crippen molar-refractivity contribution in [2.24, 2.45) is 5.92 Å². The van der Waals surface area contributed by atoms with Gasteiger partial charge in [0.1, 0.15) is 5.52 Å². The van der Waals surface area contributed by atoms with Gasteiger partial charge in [0.15, 0.2) is 11.5 Å². The van der Waals surface area contributed by atoms with Gasteiger partial charge in [-0.25, -0.2) is 13.8 Å². The minimum Gasteiger partial charge on any atom is -0.365 e. The molecule has 1 aliphatic rings. The number of rotatable bonds is 5. The van der Waals surface area contributed by atoms with Gasteiger partial charge in [0.2, 0.25) is 11.2 Å². The minimum atomic E-state index is -4.41. The first-order chi connectivity index (χ1) is 14.0. The molecule has 0 radical (unpaired) electrons. The first kappa shape index (κ1) is 20.8. The van der Waals surface area contributed by atoms with Gasteiger partial charge in [-0.3, -0.25) is 0 Å². The van der Waals surface area contributed by atoms with Crippen LogP contribution in [0.3, 0.4) is 0 Å². The van der Waals surface area contributed by atoms with E-state index in [-0.39, 0.29) is 36.6 Å². The van der Waals surface area contributed by atoms with Crippen LogP contribution in [0.15, 0.2) is 30.6 Å². The van der Waals surface area contributed by atoms with E-state index in [1.54, 1.807) is 11.5 Å². The van der Waals surface area contributed by atoms with Gasteiger partial charge in [0.05, 0.1) is 11.9 Å². The average Bonchev–Trinajstić information content (AvgIpc) is 3.01. The van der Waals surface area contributed by atoms with Gasteiger partial charge in [-0.05, 0) is 42.1 Å². The lowest BCUT2D eigenvalue weighted by Crippen LogP contribution is -2.43. The Morgan fingerprint density at radius 2 is 1.87 bits per heavy atom. The van der Waals surface area contributed by atoms with Crippen LogP contribution in [-0.2, 0) is 12.7 Å². The molecule has 0 saturated heterocycles. The summed E-state index contributed by atoms with van der Waals surface area (Å²) >= 11 is 5.97. The van der Waals surface area contributed by atoms with Gasteiger partial charge in [-0.15, -0.1) is 0 Å². The predicted octanol–water partition coefficient (Wildman–Crippen LogP) is 5.39. The summed E-state index contributed by atoms with van der Waals surface area (Å²) in [4.78, 5) is 12.4. The van der Waals surface area contributed by atoms with Crippen LogP contribution < -0.4 is 5.32 Å². The molecular weight excluding hydrogens is 429 g/mol. The third-order valence-corrected chi connectivity index (χ3v) is 5.44. The van der Waals surface area contributed by atoms with Crippen molar-refractivity contribution in [3.8, 4) is 0 Å². The summed E-state index contributed by atoms with van der Waals surface area (Å²) in [7, 11) is 0. The minimum absolute atomic E-state index is 0.0454. The lowest BCUT2D eigenvalue weighted by molar-refractivity contribution is -0.137. The number of halogens is 6. The van der Waals surface area contributed by atoms with Gasteiger partial charge in [0.25, 0.3) is 0 Å². The van der Waals surface area contributed by atoms with Crippen molar-refractivity contribution < 1.29 is 22.0 Å². The topological polar surface area (TPSA) is 55.6 Å². The van der Waals surface area contributed by atoms with E-state index in [2.05, 4.69) is 20.3 Å². The summed E-state index contributed by atoms with van der Waals surface area (Å²) in [6.07, 6.45) is -3.32. The maximum Gasteiger partial charge on any atom is 0.416 e. The van der Waals surface area contributed by atoms with Gasteiger partial charge in [-0.1, -0.05) is 12.1 Å². The fraction of sp³-hybridized carbons (Fsp3) is 0.421. The molecule has 1 fully saturated rings. The Kier molecular flexibility index (Phi) is 5.08. The highest BCUT2D eigenvalue weighted by Gasteiger charge is 2.47. The molecule has 1 atom stereocenters. The zero-order valence-electron chi connectivity index (χ0n) is 15.7. The van der Waals surface area contributed by atoms with E-state index in [1.165, 1.54) is 18.5 Å². The molecular formula is C19H17ClF5N5. The van der Waals surface area contributed by atoms with E-state index in [4.69, 9.17) is 11.6 Å². The zero-order valence-corrected chi connectivity index (χ0v) is 16.5. The van der Waals surface area contributed by atoms with Gasteiger partial charge < -0.3 is 9.88 Å². The van der Waals surface area contributed by atoms with E-state index in [1.807, 2.05) is 0 Å². The lowest BCUT2D eigenvalue weighted by Gasteiger charge is -2.39. The molecule has 1 N–H and O–H groups in total. The van der Waals surface area contributed by atoms with E-state index >= 15 is 0 Å². The molecule has 1 aliphatic carbocycles. The number of nitrogens with zero attached hydrogens (tertiary/aromatic N) is 4. The molecule has 1 aromatic carbocycles. The summed E-state index contributed by atoms with van der Waals surface area (Å²) in [5.41, 5.74) is 0.688. The van der Waals surface area contributed by atoms with Crippen molar-refractivity contribution in [3.63, 3.8) is 0 Å². The Morgan fingerprint density at radius 1 is 1.20 bits per heavy atom. The third-order valence-electron chi connectivity index (χ3n) is 5.27. The van der Waals surface area contributed by atoms with Crippen molar-refractivity contribution in [1.82, 2.24) is 19.5 Å². The quantitative estimate of drug-likeness (QED) is 0.422. The van der Waals surface area contributed by atoms with Crippen molar-refractivity contribution in [1.29, 1.82) is 0 Å². The summed E-state index contributed by atoms with van der Waals surface area (Å²) < 4.78 is 66.4. The summed E-state index contributed by atoms with van der Waals surface area (Å²) in [5, 5.41) is 3.08. The SMILES string of the molecule is CC(Nc1nc(Cl)nc2ncn(Cc3ccc(C(F)(F)F)cc3)c12)C1CC(F)(F)C1. The smallest absolute Gasteiger partial charge is 0.365 e. The van der Waals surface area contributed by atoms with Gasteiger partial charge in [0, 0.05) is 25.4 Å². The molecule has 160 valence electrons. The molecule has 0 amide bonds. The molecule has 4 rings (SSSR count). The van der Waals surface area contributed by atoms with Crippen LogP contribution in [0.2, 0.25) is 5.28 Å². The molecule has 2 aromatic heterocycles. The Balaban J connectivity index is 1.60. The maximum absolute atomic E-state index is 13.2. The molecule has 5 nitrogen and oxygen atoms in total. The number of hydrogen-bond acceptors (Lipinski definition) is 4. The van der Waals surface area contributed by atoms with Crippen LogP contribution in [0.1, 0.15) is 30.9 Å². The monoisotopic (exact) mass is 445 g/mol. The molecule has 3 aromatic rings. The fourth-order valence-corrected chi connectivity index (χ4v) is 3.73. The summed E-state index contributed by atoms with van der Waals surface area (Å²) in [5.74, 6) is -2.50. The molecule has 2 heterocycles. The van der Waals surface area contributed by atoms with Crippen molar-refractivity contribution in [2.75, 3.05) is 5.32 Å². The molecule has 0 bridgehead atoms. The first-order valence-corrected chi connectivity index (χ1v) is 9.58. The molecule has 1 unspecified atom stereocenters. The first-order valence-electron chi connectivity index (χ1n) is 9.21. The van der Waals surface area contributed by atoms with E-state index in [0.717, 1.165) is 12.1 Å². The largest absolute Gasteiger partial charge is 0.416 e. The van der Waals surface area contributed by atoms with E-state index < -0.39 is 17.7 Å². The second kappa shape index (κ2) is 7.33. The van der Waals surface area contributed by atoms with Crippen LogP contribution in [-0.4, -0.2) is 31.5 Å². The molecule has 1 saturated carbocycles. The van der Waals surface area contributed by atoms with E-state index in [9.17, 15) is 22.0 Å².